The fourth-order valence-corrected chi connectivity index (χ4v) is 5.59. The first-order valence-corrected chi connectivity index (χ1v) is 12.5. The number of carbonyl (C=O) groups excluding carboxylic acids is 2. The number of fused-ring (bicyclic) bond motifs is 3. The molecule has 2 aliphatic heterocycles. The van der Waals surface area contributed by atoms with Gasteiger partial charge in [0.1, 0.15) is 17.1 Å². The average molecular weight is 469 g/mol. The molecule has 2 amide bonds. The van der Waals surface area contributed by atoms with E-state index in [2.05, 4.69) is 11.5 Å². The maximum atomic E-state index is 14.3. The lowest BCUT2D eigenvalue weighted by molar-refractivity contribution is -0.128. The number of benzene rings is 1. The second-order valence-corrected chi connectivity index (χ2v) is 10.1. The first-order valence-electron chi connectivity index (χ1n) is 12.5. The van der Waals surface area contributed by atoms with Gasteiger partial charge in [-0.25, -0.2) is 14.2 Å². The molecule has 1 aromatic heterocycles. The first kappa shape index (κ1) is 22.9. The Labute approximate surface area is 199 Å². The summed E-state index contributed by atoms with van der Waals surface area (Å²) in [4.78, 5) is 34.4. The zero-order valence-corrected chi connectivity index (χ0v) is 20.3. The predicted octanol–water partition coefficient (Wildman–Crippen LogP) is 4.35. The number of hydrogen-bond acceptors (Lipinski definition) is 4. The molecule has 1 aromatic carbocycles. The van der Waals surface area contributed by atoms with Gasteiger partial charge in [-0.05, 0) is 63.6 Å². The number of aromatic nitrogens is 2. The number of unbranched alkanes of at least 4 members (excludes halogenated alkanes) is 1. The van der Waals surface area contributed by atoms with Crippen LogP contribution in [0.5, 0.6) is 0 Å². The van der Waals surface area contributed by atoms with Gasteiger partial charge in [0.25, 0.3) is 0 Å². The SMILES string of the molecule is CCCCn1c(CN2C(=O)C3(CN(C(=O)OC(C)C)C3)c3ccc(F)cc32)nc2c1CCCC2. The molecule has 3 aliphatic rings. The van der Waals surface area contributed by atoms with Gasteiger partial charge in [0.05, 0.1) is 24.0 Å². The van der Waals surface area contributed by atoms with Crippen LogP contribution in [0.15, 0.2) is 18.2 Å². The Kier molecular flexibility index (Phi) is 5.86. The lowest BCUT2D eigenvalue weighted by atomic mass is 9.75. The molecule has 1 saturated heterocycles. The summed E-state index contributed by atoms with van der Waals surface area (Å²) < 4.78 is 21.9. The van der Waals surface area contributed by atoms with Crippen molar-refractivity contribution >= 4 is 17.7 Å². The van der Waals surface area contributed by atoms with E-state index in [0.29, 0.717) is 12.2 Å². The normalized spacial score (nSPS) is 18.3. The zero-order chi connectivity index (χ0) is 24.0. The highest BCUT2D eigenvalue weighted by molar-refractivity contribution is 6.09. The van der Waals surface area contributed by atoms with Crippen molar-refractivity contribution in [3.63, 3.8) is 0 Å². The Hall–Kier alpha value is -2.90. The molecule has 0 bridgehead atoms. The largest absolute Gasteiger partial charge is 0.447 e. The average Bonchev–Trinajstić information content (AvgIpc) is 3.23. The van der Waals surface area contributed by atoms with Crippen LogP contribution in [0, 0.1) is 5.82 Å². The molecule has 1 fully saturated rings. The Morgan fingerprint density at radius 2 is 2.00 bits per heavy atom. The smallest absolute Gasteiger partial charge is 0.410 e. The minimum absolute atomic E-state index is 0.0929. The minimum Gasteiger partial charge on any atom is -0.447 e. The molecule has 0 saturated carbocycles. The van der Waals surface area contributed by atoms with Crippen molar-refractivity contribution in [2.45, 2.75) is 83.9 Å². The quantitative estimate of drug-likeness (QED) is 0.632. The number of rotatable bonds is 6. The third kappa shape index (κ3) is 3.67. The number of hydrogen-bond donors (Lipinski definition) is 0. The third-order valence-corrected chi connectivity index (χ3v) is 7.28. The summed E-state index contributed by atoms with van der Waals surface area (Å²) >= 11 is 0. The molecule has 0 atom stereocenters. The summed E-state index contributed by atoms with van der Waals surface area (Å²) in [6.07, 6.45) is 5.76. The van der Waals surface area contributed by atoms with Crippen molar-refractivity contribution < 1.29 is 18.7 Å². The number of aryl methyl sites for hydroxylation is 1. The summed E-state index contributed by atoms with van der Waals surface area (Å²) in [5.41, 5.74) is 2.96. The monoisotopic (exact) mass is 468 g/mol. The highest BCUT2D eigenvalue weighted by atomic mass is 19.1. The molecule has 3 heterocycles. The number of likely N-dealkylation sites (tertiary alicyclic amines) is 1. The number of carbonyl (C=O) groups is 2. The fourth-order valence-electron chi connectivity index (χ4n) is 5.59. The Bertz CT molecular complexity index is 1120. The van der Waals surface area contributed by atoms with Crippen LogP contribution >= 0.6 is 0 Å². The summed E-state index contributed by atoms with van der Waals surface area (Å²) in [7, 11) is 0. The van der Waals surface area contributed by atoms with Crippen molar-refractivity contribution in [3.8, 4) is 0 Å². The molecule has 34 heavy (non-hydrogen) atoms. The van der Waals surface area contributed by atoms with E-state index in [-0.39, 0.29) is 30.9 Å². The van der Waals surface area contributed by atoms with Crippen molar-refractivity contribution in [1.29, 1.82) is 0 Å². The van der Waals surface area contributed by atoms with Crippen LogP contribution in [0.3, 0.4) is 0 Å². The summed E-state index contributed by atoms with van der Waals surface area (Å²) in [6.45, 7) is 7.45. The molecular weight excluding hydrogens is 435 g/mol. The van der Waals surface area contributed by atoms with E-state index in [0.717, 1.165) is 62.2 Å². The molecule has 7 nitrogen and oxygen atoms in total. The topological polar surface area (TPSA) is 67.7 Å². The Morgan fingerprint density at radius 3 is 2.74 bits per heavy atom. The molecule has 0 radical (unpaired) electrons. The lowest BCUT2D eigenvalue weighted by Crippen LogP contribution is -2.65. The first-order chi connectivity index (χ1) is 16.3. The molecule has 5 rings (SSSR count). The van der Waals surface area contributed by atoms with Crippen molar-refractivity contribution in [1.82, 2.24) is 14.5 Å². The molecule has 1 spiro atoms. The van der Waals surface area contributed by atoms with E-state index in [1.165, 1.54) is 17.8 Å². The maximum Gasteiger partial charge on any atom is 0.410 e. The minimum atomic E-state index is -0.848. The van der Waals surface area contributed by atoms with E-state index in [9.17, 15) is 14.0 Å². The van der Waals surface area contributed by atoms with Crippen LogP contribution in [-0.2, 0) is 40.9 Å². The molecule has 182 valence electrons. The molecule has 0 N–H and O–H groups in total. The van der Waals surface area contributed by atoms with Gasteiger partial charge in [-0.15, -0.1) is 0 Å². The standard InChI is InChI=1S/C26H33FN4O3/c1-4-5-12-30-21-9-7-6-8-20(21)28-23(30)14-31-22-13-18(27)10-11-19(22)26(24(31)32)15-29(16-26)25(33)34-17(2)3/h10-11,13,17H,4-9,12,14-16H2,1-3H3. The number of halogens is 1. The van der Waals surface area contributed by atoms with Crippen LogP contribution < -0.4 is 4.90 Å². The van der Waals surface area contributed by atoms with Crippen molar-refractivity contribution in [2.75, 3.05) is 18.0 Å². The van der Waals surface area contributed by atoms with Gasteiger partial charge in [-0.3, -0.25) is 4.79 Å². The van der Waals surface area contributed by atoms with Crippen molar-refractivity contribution in [2.24, 2.45) is 0 Å². The Balaban J connectivity index is 1.46. The second kappa shape index (κ2) is 8.71. The van der Waals surface area contributed by atoms with Crippen LogP contribution in [-0.4, -0.2) is 45.6 Å². The van der Waals surface area contributed by atoms with Gasteiger partial charge >= 0.3 is 6.09 Å². The molecule has 8 heteroatoms. The Morgan fingerprint density at radius 1 is 1.24 bits per heavy atom. The zero-order valence-electron chi connectivity index (χ0n) is 20.3. The number of nitrogens with zero attached hydrogens (tertiary/aromatic N) is 4. The van der Waals surface area contributed by atoms with Gasteiger partial charge in [-0.2, -0.15) is 0 Å². The van der Waals surface area contributed by atoms with E-state index in [1.54, 1.807) is 29.7 Å². The molecule has 2 aromatic rings. The van der Waals surface area contributed by atoms with E-state index in [1.807, 2.05) is 0 Å². The van der Waals surface area contributed by atoms with E-state index in [4.69, 9.17) is 9.72 Å². The van der Waals surface area contributed by atoms with Gasteiger partial charge < -0.3 is 19.1 Å². The van der Waals surface area contributed by atoms with Gasteiger partial charge in [0.2, 0.25) is 5.91 Å². The molecular formula is C26H33FN4O3. The van der Waals surface area contributed by atoms with Crippen LogP contribution in [0.25, 0.3) is 0 Å². The van der Waals surface area contributed by atoms with Crippen LogP contribution in [0.2, 0.25) is 0 Å². The highest BCUT2D eigenvalue weighted by Gasteiger charge is 2.59. The number of anilines is 1. The van der Waals surface area contributed by atoms with Gasteiger partial charge in [0, 0.05) is 25.3 Å². The van der Waals surface area contributed by atoms with Crippen LogP contribution in [0.4, 0.5) is 14.9 Å². The highest BCUT2D eigenvalue weighted by Crippen LogP contribution is 2.48. The third-order valence-electron chi connectivity index (χ3n) is 7.28. The van der Waals surface area contributed by atoms with Crippen LogP contribution in [0.1, 0.15) is 69.2 Å². The van der Waals surface area contributed by atoms with Crippen molar-refractivity contribution in [3.05, 3.63) is 46.8 Å². The number of amides is 2. The summed E-state index contributed by atoms with van der Waals surface area (Å²) in [6, 6.07) is 4.53. The van der Waals surface area contributed by atoms with E-state index < -0.39 is 11.5 Å². The number of ether oxygens (including phenoxy) is 1. The maximum absolute atomic E-state index is 14.3. The summed E-state index contributed by atoms with van der Waals surface area (Å²) in [5.74, 6) is 0.402. The fraction of sp³-hybridized carbons (Fsp3) is 0.577. The van der Waals surface area contributed by atoms with E-state index >= 15 is 0 Å². The lowest BCUT2D eigenvalue weighted by Gasteiger charge is -2.46. The second-order valence-electron chi connectivity index (χ2n) is 10.1. The molecule has 1 aliphatic carbocycles. The number of imidazole rings is 1. The predicted molar refractivity (Wildman–Crippen MR) is 126 cm³/mol. The molecule has 0 unspecified atom stereocenters. The summed E-state index contributed by atoms with van der Waals surface area (Å²) in [5, 5.41) is 0. The van der Waals surface area contributed by atoms with Gasteiger partial charge in [-0.1, -0.05) is 19.4 Å². The van der Waals surface area contributed by atoms with Gasteiger partial charge in [0.15, 0.2) is 0 Å².